The van der Waals surface area contributed by atoms with E-state index in [1.165, 1.54) is 23.0 Å². The summed E-state index contributed by atoms with van der Waals surface area (Å²) in [5.74, 6) is -3.29. The number of imide groups is 2. The van der Waals surface area contributed by atoms with Crippen LogP contribution in [0.25, 0.3) is 32.8 Å². The maximum atomic E-state index is 15.3. The molecule has 65 heavy (non-hydrogen) atoms. The second-order valence-corrected chi connectivity index (χ2v) is 18.8. The normalized spacial score (nSPS) is 23.9. The molecule has 4 aromatic carbocycles. The van der Waals surface area contributed by atoms with Gasteiger partial charge in [0.2, 0.25) is 23.6 Å². The lowest BCUT2D eigenvalue weighted by atomic mass is 9.51. The van der Waals surface area contributed by atoms with E-state index < -0.39 is 46.8 Å². The fourth-order valence-electron chi connectivity index (χ4n) is 10.8. The summed E-state index contributed by atoms with van der Waals surface area (Å²) in [6.07, 6.45) is 6.18. The number of nitrogens with zero attached hydrogens (tertiary/aromatic N) is 4. The van der Waals surface area contributed by atoms with Crippen LogP contribution in [0.5, 0.6) is 23.0 Å². The Kier molecular flexibility index (Phi) is 10.3. The Balaban J connectivity index is 1.01. The van der Waals surface area contributed by atoms with Crippen LogP contribution in [0, 0.1) is 36.0 Å². The number of amides is 4. The van der Waals surface area contributed by atoms with Gasteiger partial charge in [0.15, 0.2) is 0 Å². The van der Waals surface area contributed by atoms with Crippen molar-refractivity contribution < 1.29 is 38.5 Å². The number of aryl methyl sites for hydroxylation is 2. The van der Waals surface area contributed by atoms with Crippen molar-refractivity contribution in [3.63, 3.8) is 0 Å². The highest BCUT2D eigenvalue weighted by molar-refractivity contribution is 7.22. The first-order valence-corrected chi connectivity index (χ1v) is 22.5. The summed E-state index contributed by atoms with van der Waals surface area (Å²) in [6, 6.07) is 25.1. The van der Waals surface area contributed by atoms with Crippen LogP contribution < -0.4 is 24.0 Å². The molecule has 2 aliphatic heterocycles. The predicted octanol–water partition coefficient (Wildman–Crippen LogP) is 9.60. The molecule has 14 heteroatoms. The largest absolute Gasteiger partial charge is 0.508 e. The summed E-state index contributed by atoms with van der Waals surface area (Å²) in [5, 5.41) is 18.0. The number of hydrogen-bond acceptors (Lipinski definition) is 10. The average molecular weight is 909 g/mol. The predicted molar refractivity (Wildman–Crippen MR) is 250 cm³/mol. The number of methoxy groups -OCH3 is 3. The molecule has 0 radical (unpaired) electrons. The van der Waals surface area contributed by atoms with E-state index in [2.05, 4.69) is 0 Å². The second-order valence-electron chi connectivity index (χ2n) is 17.3. The van der Waals surface area contributed by atoms with Crippen molar-refractivity contribution in [1.82, 2.24) is 9.78 Å². The first-order valence-electron chi connectivity index (χ1n) is 21.3. The van der Waals surface area contributed by atoms with E-state index in [-0.39, 0.29) is 30.4 Å². The zero-order valence-corrected chi connectivity index (χ0v) is 38.1. The number of thiophene rings is 1. The Bertz CT molecular complexity index is 3060. The van der Waals surface area contributed by atoms with Gasteiger partial charge in [-0.15, -0.1) is 11.3 Å². The molecule has 4 amide bonds. The molecule has 10 rings (SSSR count). The number of fused-ring (bicyclic) bond motifs is 5. The molecule has 330 valence electrons. The van der Waals surface area contributed by atoms with Gasteiger partial charge in [-0.05, 0) is 116 Å². The Labute approximate surface area is 384 Å². The fourth-order valence-corrected chi connectivity index (χ4v) is 12.1. The number of aromatic hydroxyl groups is 1. The fraction of sp³-hybridized carbons (Fsp3) is 0.275. The lowest BCUT2D eigenvalue weighted by Gasteiger charge is -2.49. The van der Waals surface area contributed by atoms with Crippen molar-refractivity contribution in [2.75, 3.05) is 31.1 Å². The first-order chi connectivity index (χ1) is 31.3. The quantitative estimate of drug-likeness (QED) is 0.0853. The summed E-state index contributed by atoms with van der Waals surface area (Å²) < 4.78 is 19.1. The van der Waals surface area contributed by atoms with Crippen molar-refractivity contribution in [3.05, 3.63) is 124 Å². The van der Waals surface area contributed by atoms with Gasteiger partial charge in [-0.1, -0.05) is 47.5 Å². The van der Waals surface area contributed by atoms with E-state index in [1.807, 2.05) is 73.7 Å². The zero-order valence-electron chi connectivity index (χ0n) is 36.5. The second kappa shape index (κ2) is 15.8. The third-order valence-corrected chi connectivity index (χ3v) is 15.6. The van der Waals surface area contributed by atoms with Gasteiger partial charge in [-0.25, -0.2) is 4.90 Å². The minimum atomic E-state index is -1.39. The zero-order chi connectivity index (χ0) is 45.6. The number of benzene rings is 4. The Hall–Kier alpha value is -6.70. The molecule has 6 atom stereocenters. The van der Waals surface area contributed by atoms with E-state index in [0.29, 0.717) is 45.0 Å². The van der Waals surface area contributed by atoms with E-state index in [0.717, 1.165) is 37.2 Å². The molecule has 2 aliphatic carbocycles. The van der Waals surface area contributed by atoms with Crippen LogP contribution in [0.2, 0.25) is 5.02 Å². The monoisotopic (exact) mass is 908 g/mol. The standard InChI is InChI=1S/C51H45ClN4O8S/c1-26-35-22-29(52)11-20-42(35)65-46(26)39-25-43(54(3)53-39)56-48(59)38-24-36-33(45(51(38,2)50(56)61)37-23-32(63-5)14-18-40(37)57)16-17-34-44(36)49(60)55(47(34)58)30-12-8-27(9-13-30)7-10-28-21-31(62-4)15-19-41(28)64-6/h7-16,18-23,25,34,36,38,44-45,57H,17,24H2,1-6H3. The number of aromatic nitrogens is 2. The van der Waals surface area contributed by atoms with Gasteiger partial charge in [0.1, 0.15) is 34.5 Å². The van der Waals surface area contributed by atoms with E-state index in [9.17, 15) is 14.7 Å². The molecule has 0 bridgehead atoms. The van der Waals surface area contributed by atoms with Gasteiger partial charge in [-0.2, -0.15) is 5.10 Å². The number of ether oxygens (including phenoxy) is 3. The topological polar surface area (TPSA) is 140 Å². The lowest BCUT2D eigenvalue weighted by Crippen LogP contribution is -2.49. The molecule has 3 fully saturated rings. The van der Waals surface area contributed by atoms with E-state index in [1.54, 1.807) is 74.5 Å². The molecule has 4 heterocycles. The number of carbonyl (C=O) groups excluding carboxylic acids is 4. The van der Waals surface area contributed by atoms with Crippen LogP contribution >= 0.6 is 22.9 Å². The van der Waals surface area contributed by atoms with Crippen LogP contribution in [-0.2, 0) is 26.2 Å². The number of phenols is 1. The van der Waals surface area contributed by atoms with E-state index in [4.69, 9.17) is 30.9 Å². The highest BCUT2D eigenvalue weighted by atomic mass is 35.5. The van der Waals surface area contributed by atoms with Crippen LogP contribution in [0.4, 0.5) is 11.5 Å². The smallest absolute Gasteiger partial charge is 0.242 e. The average Bonchev–Trinajstić information content (AvgIpc) is 3.98. The molecule has 2 saturated heterocycles. The summed E-state index contributed by atoms with van der Waals surface area (Å²) in [5.41, 5.74) is 3.45. The highest BCUT2D eigenvalue weighted by Gasteiger charge is 2.68. The van der Waals surface area contributed by atoms with Crippen molar-refractivity contribution in [1.29, 1.82) is 0 Å². The summed E-state index contributed by atoms with van der Waals surface area (Å²) in [7, 11) is 6.43. The molecule has 0 spiro atoms. The Morgan fingerprint density at radius 1 is 0.831 bits per heavy atom. The third-order valence-electron chi connectivity index (χ3n) is 14.1. The number of allylic oxidation sites excluding steroid dienone is 2. The number of anilines is 2. The van der Waals surface area contributed by atoms with Gasteiger partial charge >= 0.3 is 0 Å². The number of hydrogen-bond donors (Lipinski definition) is 1. The van der Waals surface area contributed by atoms with Gasteiger partial charge < -0.3 is 19.3 Å². The third kappa shape index (κ3) is 6.49. The molecule has 6 unspecified atom stereocenters. The Morgan fingerprint density at radius 3 is 2.31 bits per heavy atom. The maximum Gasteiger partial charge on any atom is 0.242 e. The van der Waals surface area contributed by atoms with Crippen LogP contribution in [0.3, 0.4) is 0 Å². The SMILES string of the molecule is COc1ccc(OC)c(C=Cc2ccc(N3C(=O)C4CC=C5C(CC6C(=O)N(c7cc(-c8sc9ccc(Cl)cc9c8C)nn7C)C(=O)C6(C)C5c5cc(OC)ccc5O)C4C3=O)cc2)c1. The van der Waals surface area contributed by atoms with Gasteiger partial charge in [-0.3, -0.25) is 28.8 Å². The minimum Gasteiger partial charge on any atom is -0.508 e. The van der Waals surface area contributed by atoms with E-state index >= 15 is 9.59 Å². The number of carbonyl (C=O) groups is 4. The van der Waals surface area contributed by atoms with Crippen LogP contribution in [0.15, 0.2) is 96.6 Å². The van der Waals surface area contributed by atoms with Crippen molar-refractivity contribution in [2.45, 2.75) is 32.6 Å². The minimum absolute atomic E-state index is 0.0734. The van der Waals surface area contributed by atoms with Crippen LogP contribution in [-0.4, -0.2) is 59.8 Å². The Morgan fingerprint density at radius 2 is 1.57 bits per heavy atom. The van der Waals surface area contributed by atoms with Gasteiger partial charge in [0, 0.05) is 39.9 Å². The number of halogens is 1. The summed E-state index contributed by atoms with van der Waals surface area (Å²) in [6.45, 7) is 3.79. The molecule has 1 N–H and O–H groups in total. The van der Waals surface area contributed by atoms with Crippen LogP contribution in [0.1, 0.15) is 47.9 Å². The summed E-state index contributed by atoms with van der Waals surface area (Å²) in [4.78, 5) is 63.0. The van der Waals surface area contributed by atoms with Gasteiger partial charge in [0.25, 0.3) is 0 Å². The molecule has 12 nitrogen and oxygen atoms in total. The summed E-state index contributed by atoms with van der Waals surface area (Å²) >= 11 is 7.91. The number of rotatable bonds is 9. The molecule has 1 saturated carbocycles. The molecular weight excluding hydrogens is 864 g/mol. The molecule has 2 aromatic heterocycles. The maximum absolute atomic E-state index is 15.3. The van der Waals surface area contributed by atoms with Crippen molar-refractivity contribution in [3.8, 4) is 33.6 Å². The van der Waals surface area contributed by atoms with Crippen molar-refractivity contribution in [2.24, 2.45) is 36.1 Å². The molecule has 4 aliphatic rings. The molecule has 6 aromatic rings. The lowest BCUT2D eigenvalue weighted by molar-refractivity contribution is -0.131. The van der Waals surface area contributed by atoms with Gasteiger partial charge in [0.05, 0.1) is 55.1 Å². The van der Waals surface area contributed by atoms with Crippen molar-refractivity contribution >= 4 is 80.3 Å². The molecular formula is C51H45ClN4O8S. The number of phenolic OH excluding ortho intramolecular Hbond substituents is 1. The highest BCUT2D eigenvalue weighted by Crippen LogP contribution is 2.65. The first kappa shape index (κ1) is 42.3.